The molecule has 246 valence electrons. The van der Waals surface area contributed by atoms with Crippen molar-refractivity contribution in [3.8, 4) is 0 Å². The number of carbonyl (C=O) groups is 3. The van der Waals surface area contributed by atoms with Gasteiger partial charge in [0.1, 0.15) is 0 Å². The molecule has 0 unspecified atom stereocenters. The molecule has 0 spiro atoms. The second-order valence-corrected chi connectivity index (χ2v) is 13.9. The predicted octanol–water partition coefficient (Wildman–Crippen LogP) is 7.14. The van der Waals surface area contributed by atoms with Gasteiger partial charge in [-0.25, -0.2) is 0 Å². The van der Waals surface area contributed by atoms with Gasteiger partial charge in [-0.3, -0.25) is 14.4 Å². The minimum absolute atomic E-state index is 0. The molecular weight excluding hydrogens is 711 g/mol. The summed E-state index contributed by atoms with van der Waals surface area (Å²) in [5.41, 5.74) is 1.18. The van der Waals surface area contributed by atoms with E-state index in [2.05, 4.69) is 62.3 Å². The number of hydrogen-bond acceptors (Lipinski definition) is 6. The monoisotopic (exact) mass is 770 g/mol. The van der Waals surface area contributed by atoms with E-state index in [1.165, 1.54) is 19.3 Å². The number of carboxylic acid groups (broad SMARTS) is 3. The Bertz CT molecular complexity index is 548. The Kier molecular flexibility index (Phi) is 47.9. The minimum Gasteiger partial charge on any atom is -0.481 e. The van der Waals surface area contributed by atoms with Crippen molar-refractivity contribution in [1.29, 1.82) is 0 Å². The van der Waals surface area contributed by atoms with Gasteiger partial charge in [0.2, 0.25) is 0 Å². The molecule has 6 N–H and O–H groups in total. The van der Waals surface area contributed by atoms with Crippen LogP contribution < -0.4 is 0 Å². The Morgan fingerprint density at radius 2 is 0.581 bits per heavy atom. The zero-order chi connectivity index (χ0) is 32.4. The second-order valence-electron chi connectivity index (χ2n) is 13.9. The first-order chi connectivity index (χ1) is 18.0. The molecule has 0 heterocycles. The predicted molar refractivity (Wildman–Crippen MR) is 163 cm³/mol. The summed E-state index contributed by atoms with van der Waals surface area (Å²) >= 11 is 0. The van der Waals surface area contributed by atoms with Gasteiger partial charge in [0, 0.05) is 77.7 Å². The Morgan fingerprint density at radius 3 is 0.698 bits per heavy atom. The Morgan fingerprint density at radius 1 is 0.419 bits per heavy atom. The molecule has 0 aromatic carbocycles. The molecule has 0 fully saturated rings. The summed E-state index contributed by atoms with van der Waals surface area (Å²) in [5.74, 6) is -2.03. The van der Waals surface area contributed by atoms with Crippen LogP contribution in [-0.4, -0.2) is 55.6 Å². The molecule has 0 amide bonds. The molecule has 0 aliphatic heterocycles. The molecule has 0 atom stereocenters. The van der Waals surface area contributed by atoms with Crippen LogP contribution in [0.1, 0.15) is 159 Å². The number of hydrogen-bond donors (Lipinski definition) is 6. The quantitative estimate of drug-likeness (QED) is 0.0747. The van der Waals surface area contributed by atoms with Gasteiger partial charge >= 0.3 is 25.2 Å². The van der Waals surface area contributed by atoms with E-state index in [0.29, 0.717) is 35.5 Å². The van der Waals surface area contributed by atoms with Gasteiger partial charge in [-0.05, 0) is 54.8 Å². The molecule has 0 aromatic heterocycles. The second kappa shape index (κ2) is 35.1. The maximum Gasteiger partial charge on any atom is 0.631 e. The molecule has 0 saturated heterocycles. The van der Waals surface area contributed by atoms with Crippen LogP contribution in [0.4, 0.5) is 0 Å². The van der Waals surface area contributed by atoms with E-state index >= 15 is 0 Å². The third-order valence-corrected chi connectivity index (χ3v) is 5.45. The summed E-state index contributed by atoms with van der Waals surface area (Å²) in [7, 11) is -2.17. The summed E-state index contributed by atoms with van der Waals surface area (Å²) in [5, 5.41) is 46.6. The zero-order valence-corrected chi connectivity index (χ0v) is 38.1. The fraction of sp³-hybridized carbons (Fsp3) is 0.900. The SMILES string of the molecule is CC(C)(C)CCCCCC(=O)O.CC(C)(C)CCCCCC(=O)O.CC(C)(C)CCCCCC(=O)O.OB(O)O.[Zn].[Zn].[Zn]. The molecule has 13 heteroatoms. The summed E-state index contributed by atoms with van der Waals surface area (Å²) in [6.45, 7) is 19.9. The molecule has 0 aliphatic carbocycles. The van der Waals surface area contributed by atoms with E-state index in [0.717, 1.165) is 57.8 Å². The van der Waals surface area contributed by atoms with E-state index in [1.807, 2.05) is 0 Å². The number of rotatable bonds is 15. The van der Waals surface area contributed by atoms with Crippen LogP contribution in [0.25, 0.3) is 0 Å². The van der Waals surface area contributed by atoms with Crippen LogP contribution >= 0.6 is 0 Å². The van der Waals surface area contributed by atoms with Gasteiger partial charge in [-0.15, -0.1) is 0 Å². The van der Waals surface area contributed by atoms with Crippen molar-refractivity contribution in [3.05, 3.63) is 0 Å². The van der Waals surface area contributed by atoms with Crippen molar-refractivity contribution < 1.29 is 103 Å². The molecule has 43 heavy (non-hydrogen) atoms. The number of carboxylic acids is 3. The summed E-state index contributed by atoms with van der Waals surface area (Å²) in [6, 6.07) is 0. The van der Waals surface area contributed by atoms with E-state index in [-0.39, 0.29) is 58.4 Å². The first-order valence-corrected chi connectivity index (χ1v) is 14.7. The first kappa shape index (κ1) is 58.7. The Balaban J connectivity index is -0.0000000822. The molecular formula is C30H63BO9Zn3. The average Bonchev–Trinajstić information content (AvgIpc) is 2.70. The fourth-order valence-electron chi connectivity index (χ4n) is 3.32. The molecule has 0 radical (unpaired) electrons. The summed E-state index contributed by atoms with van der Waals surface area (Å²) < 4.78 is 0. The van der Waals surface area contributed by atoms with Crippen LogP contribution in [-0.2, 0) is 72.8 Å². The minimum atomic E-state index is -2.17. The van der Waals surface area contributed by atoms with E-state index in [1.54, 1.807) is 0 Å². The van der Waals surface area contributed by atoms with Gasteiger partial charge in [0.15, 0.2) is 0 Å². The third kappa shape index (κ3) is 92.2. The van der Waals surface area contributed by atoms with Crippen molar-refractivity contribution in [1.82, 2.24) is 0 Å². The zero-order valence-electron chi connectivity index (χ0n) is 29.2. The van der Waals surface area contributed by atoms with Crippen molar-refractivity contribution in [2.24, 2.45) is 16.2 Å². The summed E-state index contributed by atoms with van der Waals surface area (Å²) in [4.78, 5) is 30.5. The number of aliphatic carboxylic acids is 3. The Hall–Kier alpha value is 0.225. The van der Waals surface area contributed by atoms with Crippen LogP contribution in [0, 0.1) is 16.2 Å². The molecule has 0 rings (SSSR count). The Labute approximate surface area is 301 Å². The standard InChI is InChI=1S/3C10H20O2.BH3O3.3Zn/c3*1-10(2,3)8-6-4-5-7-9(11)12;2-1(3)4;;;/h3*4-8H2,1-3H3,(H,11,12);2-4H;;;. The van der Waals surface area contributed by atoms with Gasteiger partial charge < -0.3 is 30.4 Å². The van der Waals surface area contributed by atoms with Crippen molar-refractivity contribution >= 4 is 25.2 Å². The van der Waals surface area contributed by atoms with Crippen molar-refractivity contribution in [2.45, 2.75) is 159 Å². The normalized spacial score (nSPS) is 10.3. The molecule has 0 aromatic rings. The average molecular weight is 775 g/mol. The van der Waals surface area contributed by atoms with Crippen LogP contribution in [0.2, 0.25) is 0 Å². The smallest absolute Gasteiger partial charge is 0.481 e. The third-order valence-electron chi connectivity index (χ3n) is 5.45. The fourth-order valence-corrected chi connectivity index (χ4v) is 3.32. The largest absolute Gasteiger partial charge is 0.631 e. The van der Waals surface area contributed by atoms with Gasteiger partial charge in [0.05, 0.1) is 0 Å². The first-order valence-electron chi connectivity index (χ1n) is 14.7. The van der Waals surface area contributed by atoms with Gasteiger partial charge in [-0.2, -0.15) is 0 Å². The van der Waals surface area contributed by atoms with E-state index in [4.69, 9.17) is 30.4 Å². The molecule has 0 aliphatic rings. The van der Waals surface area contributed by atoms with Crippen molar-refractivity contribution in [2.75, 3.05) is 0 Å². The summed E-state index contributed by atoms with van der Waals surface area (Å²) in [6.07, 6.45) is 13.6. The van der Waals surface area contributed by atoms with E-state index < -0.39 is 25.2 Å². The van der Waals surface area contributed by atoms with Crippen molar-refractivity contribution in [3.63, 3.8) is 0 Å². The maximum atomic E-state index is 10.2. The van der Waals surface area contributed by atoms with Crippen LogP contribution in [0.3, 0.4) is 0 Å². The molecule has 9 nitrogen and oxygen atoms in total. The number of unbranched alkanes of at least 4 members (excludes halogenated alkanes) is 6. The molecule has 0 bridgehead atoms. The van der Waals surface area contributed by atoms with Gasteiger partial charge in [-0.1, -0.05) is 101 Å². The topological polar surface area (TPSA) is 173 Å². The molecule has 0 saturated carbocycles. The van der Waals surface area contributed by atoms with Crippen LogP contribution in [0.15, 0.2) is 0 Å². The maximum absolute atomic E-state index is 10.2. The van der Waals surface area contributed by atoms with E-state index in [9.17, 15) is 14.4 Å². The van der Waals surface area contributed by atoms with Gasteiger partial charge in [0.25, 0.3) is 0 Å². The van der Waals surface area contributed by atoms with Crippen LogP contribution in [0.5, 0.6) is 0 Å².